The topological polar surface area (TPSA) is 85.4 Å². The van der Waals surface area contributed by atoms with E-state index in [1.54, 1.807) is 27.7 Å². The third-order valence-electron chi connectivity index (χ3n) is 4.64. The number of hydrogen-bond donors (Lipinski definition) is 0. The quantitative estimate of drug-likeness (QED) is 0.535. The van der Waals surface area contributed by atoms with Crippen LogP contribution in [0.5, 0.6) is 0 Å². The van der Waals surface area contributed by atoms with Gasteiger partial charge in [0.05, 0.1) is 12.6 Å². The molecule has 2 atom stereocenters. The molecule has 1 aliphatic rings. The fraction of sp³-hybridized carbons (Fsp3) is 0.591. The zero-order valence-electron chi connectivity index (χ0n) is 18.4. The number of carbonyl (C=O) groups excluding carboxylic acids is 3. The minimum absolute atomic E-state index is 0.0118. The van der Waals surface area contributed by atoms with Gasteiger partial charge in [0.15, 0.2) is 6.04 Å². The molecule has 166 valence electrons. The molecule has 0 saturated carbocycles. The first-order valence-electron chi connectivity index (χ1n) is 10.3. The Morgan fingerprint density at radius 1 is 1.10 bits per heavy atom. The van der Waals surface area contributed by atoms with Gasteiger partial charge in [0.1, 0.15) is 12.2 Å². The third kappa shape index (κ3) is 6.93. The van der Waals surface area contributed by atoms with Crippen molar-refractivity contribution in [2.75, 3.05) is 19.6 Å². The monoisotopic (exact) mass is 420 g/mol. The van der Waals surface area contributed by atoms with E-state index < -0.39 is 29.8 Å². The molecule has 1 aromatic rings. The molecule has 0 N–H and O–H groups in total. The van der Waals surface area contributed by atoms with E-state index in [0.29, 0.717) is 6.42 Å². The van der Waals surface area contributed by atoms with Crippen LogP contribution < -0.4 is 0 Å². The van der Waals surface area contributed by atoms with Crippen LogP contribution >= 0.6 is 0 Å². The standard InChI is InChI=1S/C22H32N2O6/c1-6-16(2)29-19(25)18-14-23(12-13-24(18)21(27)30-22(3,4)5)20(26)28-15-17-10-8-7-9-11-17/h7-11,16,18H,6,12-15H2,1-5H3. The van der Waals surface area contributed by atoms with Gasteiger partial charge in [-0.15, -0.1) is 0 Å². The molecule has 0 aliphatic carbocycles. The molecule has 0 bridgehead atoms. The van der Waals surface area contributed by atoms with Crippen molar-refractivity contribution in [2.24, 2.45) is 0 Å². The van der Waals surface area contributed by atoms with E-state index in [4.69, 9.17) is 14.2 Å². The molecule has 8 heteroatoms. The van der Waals surface area contributed by atoms with Crippen molar-refractivity contribution in [3.05, 3.63) is 35.9 Å². The lowest BCUT2D eigenvalue weighted by Crippen LogP contribution is -2.60. The highest BCUT2D eigenvalue weighted by atomic mass is 16.6. The van der Waals surface area contributed by atoms with E-state index in [9.17, 15) is 14.4 Å². The third-order valence-corrected chi connectivity index (χ3v) is 4.64. The Kier molecular flexibility index (Phi) is 8.08. The van der Waals surface area contributed by atoms with Crippen LogP contribution in [-0.4, -0.2) is 65.3 Å². The summed E-state index contributed by atoms with van der Waals surface area (Å²) in [4.78, 5) is 40.7. The number of amides is 2. The number of nitrogens with zero attached hydrogens (tertiary/aromatic N) is 2. The van der Waals surface area contributed by atoms with E-state index >= 15 is 0 Å². The van der Waals surface area contributed by atoms with Crippen LogP contribution in [0.15, 0.2) is 30.3 Å². The largest absolute Gasteiger partial charge is 0.461 e. The molecule has 30 heavy (non-hydrogen) atoms. The lowest BCUT2D eigenvalue weighted by molar-refractivity contribution is -0.156. The van der Waals surface area contributed by atoms with Crippen LogP contribution in [0.3, 0.4) is 0 Å². The second kappa shape index (κ2) is 10.3. The number of benzene rings is 1. The molecular weight excluding hydrogens is 388 g/mol. The molecule has 2 unspecified atom stereocenters. The summed E-state index contributed by atoms with van der Waals surface area (Å²) in [6.45, 7) is 9.46. The first kappa shape index (κ1) is 23.5. The van der Waals surface area contributed by atoms with Crippen molar-refractivity contribution in [1.29, 1.82) is 0 Å². The fourth-order valence-electron chi connectivity index (χ4n) is 2.86. The Labute approximate surface area is 178 Å². The normalized spacial score (nSPS) is 17.8. The molecule has 2 rings (SSSR count). The predicted molar refractivity (Wildman–Crippen MR) is 111 cm³/mol. The van der Waals surface area contributed by atoms with Crippen LogP contribution in [0.4, 0.5) is 9.59 Å². The maximum absolute atomic E-state index is 12.7. The van der Waals surface area contributed by atoms with E-state index in [-0.39, 0.29) is 32.3 Å². The highest BCUT2D eigenvalue weighted by Crippen LogP contribution is 2.19. The summed E-state index contributed by atoms with van der Waals surface area (Å²) in [5, 5.41) is 0. The molecule has 2 amide bonds. The van der Waals surface area contributed by atoms with Crippen molar-refractivity contribution in [1.82, 2.24) is 9.80 Å². The molecule has 0 aromatic heterocycles. The minimum Gasteiger partial charge on any atom is -0.461 e. The Balaban J connectivity index is 2.07. The Morgan fingerprint density at radius 2 is 1.77 bits per heavy atom. The van der Waals surface area contributed by atoms with Crippen molar-refractivity contribution >= 4 is 18.2 Å². The van der Waals surface area contributed by atoms with Crippen molar-refractivity contribution in [3.63, 3.8) is 0 Å². The summed E-state index contributed by atoms with van der Waals surface area (Å²) in [5.41, 5.74) is 0.166. The first-order chi connectivity index (χ1) is 14.1. The van der Waals surface area contributed by atoms with E-state index in [2.05, 4.69) is 0 Å². The number of esters is 1. The summed E-state index contributed by atoms with van der Waals surface area (Å²) < 4.78 is 16.2. The van der Waals surface area contributed by atoms with Gasteiger partial charge in [0, 0.05) is 13.1 Å². The minimum atomic E-state index is -0.952. The molecule has 1 saturated heterocycles. The molecule has 1 heterocycles. The summed E-state index contributed by atoms with van der Waals surface area (Å²) in [6, 6.07) is 8.38. The molecule has 0 radical (unpaired) electrons. The van der Waals surface area contributed by atoms with Crippen LogP contribution in [-0.2, 0) is 25.6 Å². The number of ether oxygens (including phenoxy) is 3. The molecule has 1 fully saturated rings. The van der Waals surface area contributed by atoms with Gasteiger partial charge in [-0.3, -0.25) is 4.90 Å². The predicted octanol–water partition coefficient (Wildman–Crippen LogP) is 3.59. The number of piperazine rings is 1. The second-order valence-electron chi connectivity index (χ2n) is 8.33. The van der Waals surface area contributed by atoms with Crippen LogP contribution in [0.25, 0.3) is 0 Å². The van der Waals surface area contributed by atoms with Crippen molar-refractivity contribution in [2.45, 2.75) is 65.4 Å². The van der Waals surface area contributed by atoms with E-state index in [0.717, 1.165) is 5.56 Å². The maximum atomic E-state index is 12.7. The van der Waals surface area contributed by atoms with Gasteiger partial charge in [-0.1, -0.05) is 37.3 Å². The SMILES string of the molecule is CCC(C)OC(=O)C1CN(C(=O)OCc2ccccc2)CCN1C(=O)OC(C)(C)C. The smallest absolute Gasteiger partial charge is 0.411 e. The average molecular weight is 421 g/mol. The van der Waals surface area contributed by atoms with Gasteiger partial charge in [0.25, 0.3) is 0 Å². The molecule has 1 aliphatic heterocycles. The number of rotatable bonds is 5. The summed E-state index contributed by atoms with van der Waals surface area (Å²) in [5.74, 6) is -0.559. The van der Waals surface area contributed by atoms with Crippen LogP contribution in [0, 0.1) is 0 Å². The lowest BCUT2D eigenvalue weighted by atomic mass is 10.1. The van der Waals surface area contributed by atoms with E-state index in [1.165, 1.54) is 9.80 Å². The Bertz CT molecular complexity index is 731. The van der Waals surface area contributed by atoms with Crippen LogP contribution in [0.1, 0.15) is 46.6 Å². The van der Waals surface area contributed by atoms with Gasteiger partial charge < -0.3 is 19.1 Å². The summed E-state index contributed by atoms with van der Waals surface area (Å²) >= 11 is 0. The highest BCUT2D eigenvalue weighted by molar-refractivity contribution is 5.83. The lowest BCUT2D eigenvalue weighted by Gasteiger charge is -2.40. The zero-order valence-corrected chi connectivity index (χ0v) is 18.4. The van der Waals surface area contributed by atoms with Gasteiger partial charge in [-0.2, -0.15) is 0 Å². The van der Waals surface area contributed by atoms with Gasteiger partial charge in [-0.05, 0) is 39.7 Å². The van der Waals surface area contributed by atoms with Gasteiger partial charge >= 0.3 is 18.2 Å². The van der Waals surface area contributed by atoms with Crippen molar-refractivity contribution in [3.8, 4) is 0 Å². The fourth-order valence-corrected chi connectivity index (χ4v) is 2.86. The number of carbonyl (C=O) groups is 3. The summed E-state index contributed by atoms with van der Waals surface area (Å²) in [6.07, 6.45) is -0.790. The first-order valence-corrected chi connectivity index (χ1v) is 10.3. The van der Waals surface area contributed by atoms with Gasteiger partial charge in [-0.25, -0.2) is 14.4 Å². The zero-order chi connectivity index (χ0) is 22.3. The Hall–Kier alpha value is -2.77. The highest BCUT2D eigenvalue weighted by Gasteiger charge is 2.40. The van der Waals surface area contributed by atoms with Gasteiger partial charge in [0.2, 0.25) is 0 Å². The Morgan fingerprint density at radius 3 is 2.37 bits per heavy atom. The number of hydrogen-bond acceptors (Lipinski definition) is 6. The second-order valence-corrected chi connectivity index (χ2v) is 8.33. The molecule has 1 aromatic carbocycles. The maximum Gasteiger partial charge on any atom is 0.411 e. The average Bonchev–Trinajstić information content (AvgIpc) is 2.70. The van der Waals surface area contributed by atoms with E-state index in [1.807, 2.05) is 37.3 Å². The molecular formula is C22H32N2O6. The molecule has 0 spiro atoms. The van der Waals surface area contributed by atoms with Crippen molar-refractivity contribution < 1.29 is 28.6 Å². The molecule has 8 nitrogen and oxygen atoms in total. The van der Waals surface area contributed by atoms with Crippen LogP contribution in [0.2, 0.25) is 0 Å². The summed E-state index contributed by atoms with van der Waals surface area (Å²) in [7, 11) is 0.